The van der Waals surface area contributed by atoms with E-state index in [0.29, 0.717) is 12.3 Å². The molecule has 5 heteroatoms. The van der Waals surface area contributed by atoms with Crippen molar-refractivity contribution in [2.45, 2.75) is 32.7 Å². The van der Waals surface area contributed by atoms with E-state index in [1.165, 1.54) is 6.08 Å². The van der Waals surface area contributed by atoms with E-state index in [0.717, 1.165) is 12.0 Å². The Bertz CT molecular complexity index is 438. The van der Waals surface area contributed by atoms with Gasteiger partial charge in [-0.05, 0) is 25.8 Å². The van der Waals surface area contributed by atoms with Crippen molar-refractivity contribution in [3.63, 3.8) is 0 Å². The van der Waals surface area contributed by atoms with Gasteiger partial charge >= 0.3 is 6.09 Å². The smallest absolute Gasteiger partial charge is 0.435 e. The van der Waals surface area contributed by atoms with Crippen molar-refractivity contribution in [1.82, 2.24) is 4.90 Å². The predicted molar refractivity (Wildman–Crippen MR) is 74.2 cm³/mol. The van der Waals surface area contributed by atoms with Crippen molar-refractivity contribution in [2.75, 3.05) is 13.7 Å². The van der Waals surface area contributed by atoms with Crippen LogP contribution in [0.5, 0.6) is 0 Å². The van der Waals surface area contributed by atoms with E-state index in [4.69, 9.17) is 4.74 Å². The van der Waals surface area contributed by atoms with Gasteiger partial charge in [-0.2, -0.15) is 4.99 Å². The molecule has 0 aromatic heterocycles. The molecule has 0 aromatic carbocycles. The van der Waals surface area contributed by atoms with Crippen LogP contribution in [0.4, 0.5) is 4.79 Å². The number of carbonyl (C=O) groups excluding carboxylic acids is 2. The monoisotopic (exact) mass is 264 g/mol. The summed E-state index contributed by atoms with van der Waals surface area (Å²) >= 11 is 0. The maximum Gasteiger partial charge on any atom is 0.435 e. The first-order chi connectivity index (χ1) is 8.95. The van der Waals surface area contributed by atoms with Crippen LogP contribution < -0.4 is 0 Å². The fourth-order valence-corrected chi connectivity index (χ4v) is 1.84. The molecule has 0 aromatic rings. The number of carbonyl (C=O) groups is 2. The number of allylic oxidation sites excluding steroid dienone is 1. The number of nitrogens with zero attached hydrogens (tertiary/aromatic N) is 2. The summed E-state index contributed by atoms with van der Waals surface area (Å²) < 4.78 is 4.82. The van der Waals surface area contributed by atoms with Gasteiger partial charge in [0.05, 0.1) is 0 Å². The SMILES string of the molecule is C=CCOC(=O)/N=C1/CC[C@@H](/C=C(\C)C(C)=O)N1C. The van der Waals surface area contributed by atoms with E-state index >= 15 is 0 Å². The third-order valence-electron chi connectivity index (χ3n) is 3.11. The number of rotatable bonds is 4. The number of amides is 1. The summed E-state index contributed by atoms with van der Waals surface area (Å²) in [6.45, 7) is 6.96. The number of hydrogen-bond donors (Lipinski definition) is 0. The Hall–Kier alpha value is -1.91. The van der Waals surface area contributed by atoms with E-state index in [1.807, 2.05) is 18.0 Å². The van der Waals surface area contributed by atoms with Gasteiger partial charge in [-0.15, -0.1) is 0 Å². The molecule has 1 aliphatic heterocycles. The highest BCUT2D eigenvalue weighted by Crippen LogP contribution is 2.20. The number of likely N-dealkylation sites (tertiary alicyclic amines) is 1. The summed E-state index contributed by atoms with van der Waals surface area (Å²) in [5.41, 5.74) is 0.729. The minimum atomic E-state index is -0.602. The van der Waals surface area contributed by atoms with E-state index in [-0.39, 0.29) is 18.4 Å². The Kier molecular flexibility index (Phi) is 5.48. The van der Waals surface area contributed by atoms with E-state index < -0.39 is 6.09 Å². The highest BCUT2D eigenvalue weighted by molar-refractivity contribution is 5.94. The lowest BCUT2D eigenvalue weighted by atomic mass is 10.1. The Labute approximate surface area is 113 Å². The predicted octanol–water partition coefficient (Wildman–Crippen LogP) is 2.34. The molecule has 0 spiro atoms. The van der Waals surface area contributed by atoms with E-state index in [1.54, 1.807) is 13.8 Å². The topological polar surface area (TPSA) is 59.0 Å². The maximum absolute atomic E-state index is 11.4. The third kappa shape index (κ3) is 4.35. The molecule has 0 N–H and O–H groups in total. The lowest BCUT2D eigenvalue weighted by molar-refractivity contribution is -0.113. The molecule has 0 aliphatic carbocycles. The van der Waals surface area contributed by atoms with Gasteiger partial charge < -0.3 is 9.64 Å². The van der Waals surface area contributed by atoms with Crippen LogP contribution in [0.1, 0.15) is 26.7 Å². The van der Waals surface area contributed by atoms with E-state index in [2.05, 4.69) is 11.6 Å². The van der Waals surface area contributed by atoms with Crippen LogP contribution in [0.3, 0.4) is 0 Å². The highest BCUT2D eigenvalue weighted by atomic mass is 16.5. The Balaban J connectivity index is 2.69. The van der Waals surface area contributed by atoms with Gasteiger partial charge in [0.25, 0.3) is 0 Å². The molecular formula is C14H20N2O3. The molecule has 1 fully saturated rings. The van der Waals surface area contributed by atoms with Crippen molar-refractivity contribution in [2.24, 2.45) is 4.99 Å². The molecular weight excluding hydrogens is 244 g/mol. The first-order valence-corrected chi connectivity index (χ1v) is 6.23. The minimum absolute atomic E-state index is 0.0594. The van der Waals surface area contributed by atoms with Crippen LogP contribution in [0.2, 0.25) is 0 Å². The maximum atomic E-state index is 11.4. The first kappa shape index (κ1) is 15.1. The van der Waals surface area contributed by atoms with Crippen molar-refractivity contribution < 1.29 is 14.3 Å². The summed E-state index contributed by atoms with van der Waals surface area (Å²) in [5, 5.41) is 0. The number of likely N-dealkylation sites (N-methyl/N-ethyl adjacent to an activating group) is 1. The molecule has 1 atom stereocenters. The fraction of sp³-hybridized carbons (Fsp3) is 0.500. The van der Waals surface area contributed by atoms with E-state index in [9.17, 15) is 9.59 Å². The zero-order chi connectivity index (χ0) is 14.4. The molecule has 1 rings (SSSR count). The van der Waals surface area contributed by atoms with Gasteiger partial charge in [-0.1, -0.05) is 18.7 Å². The van der Waals surface area contributed by atoms with Crippen LogP contribution in [0.25, 0.3) is 0 Å². The van der Waals surface area contributed by atoms with Crippen LogP contribution in [-0.2, 0) is 9.53 Å². The number of aliphatic imine (C=N–C) groups is 1. The Morgan fingerprint density at radius 2 is 2.21 bits per heavy atom. The third-order valence-corrected chi connectivity index (χ3v) is 3.11. The van der Waals surface area contributed by atoms with Gasteiger partial charge in [-0.3, -0.25) is 4.79 Å². The van der Waals surface area contributed by atoms with Crippen molar-refractivity contribution in [3.8, 4) is 0 Å². The Morgan fingerprint density at radius 1 is 1.53 bits per heavy atom. The molecule has 0 saturated carbocycles. The summed E-state index contributed by atoms with van der Waals surface area (Å²) in [5.74, 6) is 0.746. The largest absolute Gasteiger partial charge is 0.444 e. The van der Waals surface area contributed by atoms with Crippen LogP contribution >= 0.6 is 0 Å². The summed E-state index contributed by atoms with van der Waals surface area (Å²) in [6, 6.07) is 0.106. The molecule has 104 valence electrons. The summed E-state index contributed by atoms with van der Waals surface area (Å²) in [6.07, 6.45) is 4.36. The average molecular weight is 264 g/mol. The zero-order valence-corrected chi connectivity index (χ0v) is 11.7. The van der Waals surface area contributed by atoms with Gasteiger partial charge in [-0.25, -0.2) is 4.79 Å². The molecule has 19 heavy (non-hydrogen) atoms. The standard InChI is InChI=1S/C14H20N2O3/c1-5-8-19-14(18)15-13-7-6-12(16(13)4)9-10(2)11(3)17/h5,9,12H,1,6-8H2,2-4H3/b10-9+,15-13-/t12-/m0/s1. The number of hydrogen-bond acceptors (Lipinski definition) is 3. The molecule has 1 amide bonds. The second kappa shape index (κ2) is 6.87. The minimum Gasteiger partial charge on any atom is -0.444 e. The van der Waals surface area contributed by atoms with Crippen molar-refractivity contribution in [3.05, 3.63) is 24.3 Å². The molecule has 0 bridgehead atoms. The number of Topliss-reactive ketones (excluding diaryl/α,β-unsaturated/α-hetero) is 1. The quantitative estimate of drug-likeness (QED) is 0.577. The summed E-state index contributed by atoms with van der Waals surface area (Å²) in [4.78, 5) is 28.4. The van der Waals surface area contributed by atoms with Crippen LogP contribution in [-0.4, -0.2) is 42.3 Å². The fourth-order valence-electron chi connectivity index (χ4n) is 1.84. The van der Waals surface area contributed by atoms with Gasteiger partial charge in [0, 0.05) is 19.5 Å². The zero-order valence-electron chi connectivity index (χ0n) is 11.7. The molecule has 1 saturated heterocycles. The lowest BCUT2D eigenvalue weighted by Crippen LogP contribution is -2.28. The van der Waals surface area contributed by atoms with Crippen LogP contribution in [0, 0.1) is 0 Å². The lowest BCUT2D eigenvalue weighted by Gasteiger charge is -2.19. The van der Waals surface area contributed by atoms with Gasteiger partial charge in [0.2, 0.25) is 0 Å². The second-order valence-corrected chi connectivity index (χ2v) is 4.52. The molecule has 0 radical (unpaired) electrons. The first-order valence-electron chi connectivity index (χ1n) is 6.23. The molecule has 0 unspecified atom stereocenters. The second-order valence-electron chi connectivity index (χ2n) is 4.52. The number of amidine groups is 1. The molecule has 1 aliphatic rings. The number of ether oxygens (including phenoxy) is 1. The van der Waals surface area contributed by atoms with Crippen molar-refractivity contribution in [1.29, 1.82) is 0 Å². The summed E-state index contributed by atoms with van der Waals surface area (Å²) in [7, 11) is 1.86. The number of ketones is 1. The normalized spacial score (nSPS) is 21.6. The van der Waals surface area contributed by atoms with Crippen molar-refractivity contribution >= 4 is 17.7 Å². The molecule has 1 heterocycles. The average Bonchev–Trinajstić information content (AvgIpc) is 2.69. The Morgan fingerprint density at radius 3 is 2.79 bits per heavy atom. The van der Waals surface area contributed by atoms with Gasteiger partial charge in [0.15, 0.2) is 5.78 Å². The van der Waals surface area contributed by atoms with Crippen LogP contribution in [0.15, 0.2) is 29.3 Å². The van der Waals surface area contributed by atoms with Gasteiger partial charge in [0.1, 0.15) is 12.4 Å². The molecule has 5 nitrogen and oxygen atoms in total. The highest BCUT2D eigenvalue weighted by Gasteiger charge is 2.25.